The minimum atomic E-state index is -4.63. The predicted molar refractivity (Wildman–Crippen MR) is 58.1 cm³/mol. The van der Waals surface area contributed by atoms with Crippen molar-refractivity contribution in [3.63, 3.8) is 0 Å². The second kappa shape index (κ2) is 5.14. The first kappa shape index (κ1) is 14.1. The standard InChI is InChI=1S/C10H7Cl2F3O2/c1-17-9-5(10(13,14)15)2-3-6(12)8(9)7(16)4-11/h2-3H,4H2,1H3. The van der Waals surface area contributed by atoms with E-state index in [1.54, 1.807) is 0 Å². The van der Waals surface area contributed by atoms with Gasteiger partial charge in [-0.25, -0.2) is 0 Å². The Morgan fingerprint density at radius 3 is 2.41 bits per heavy atom. The number of alkyl halides is 4. The highest BCUT2D eigenvalue weighted by Gasteiger charge is 2.36. The second-order valence-electron chi connectivity index (χ2n) is 3.06. The Bertz CT molecular complexity index is 444. The number of Topliss-reactive ketones (excluding diaryl/α,β-unsaturated/α-hetero) is 1. The van der Waals surface area contributed by atoms with Gasteiger partial charge in [0.1, 0.15) is 5.75 Å². The van der Waals surface area contributed by atoms with Crippen LogP contribution in [-0.4, -0.2) is 18.8 Å². The summed E-state index contributed by atoms with van der Waals surface area (Å²) in [5.41, 5.74) is -1.41. The molecule has 0 heterocycles. The van der Waals surface area contributed by atoms with Crippen LogP contribution in [0.2, 0.25) is 5.02 Å². The van der Waals surface area contributed by atoms with E-state index in [9.17, 15) is 18.0 Å². The summed E-state index contributed by atoms with van der Waals surface area (Å²) in [6.45, 7) is 0. The number of ether oxygens (including phenoxy) is 1. The van der Waals surface area contributed by atoms with E-state index in [1.807, 2.05) is 0 Å². The van der Waals surface area contributed by atoms with Crippen molar-refractivity contribution in [2.75, 3.05) is 13.0 Å². The molecule has 0 aromatic heterocycles. The molecule has 0 aliphatic heterocycles. The molecule has 0 unspecified atom stereocenters. The highest BCUT2D eigenvalue weighted by molar-refractivity contribution is 6.37. The number of carbonyl (C=O) groups is 1. The predicted octanol–water partition coefficient (Wildman–Crippen LogP) is 3.79. The highest BCUT2D eigenvalue weighted by Crippen LogP contribution is 2.40. The van der Waals surface area contributed by atoms with Crippen molar-refractivity contribution in [1.29, 1.82) is 0 Å². The van der Waals surface area contributed by atoms with Crippen LogP contribution in [0, 0.1) is 0 Å². The number of ketones is 1. The molecule has 7 heteroatoms. The molecule has 17 heavy (non-hydrogen) atoms. The van der Waals surface area contributed by atoms with Gasteiger partial charge in [0.15, 0.2) is 5.78 Å². The minimum absolute atomic E-state index is 0.125. The summed E-state index contributed by atoms with van der Waals surface area (Å²) < 4.78 is 42.6. The third-order valence-electron chi connectivity index (χ3n) is 2.02. The number of benzene rings is 1. The third kappa shape index (κ3) is 2.84. The minimum Gasteiger partial charge on any atom is -0.495 e. The molecule has 0 aliphatic rings. The average Bonchev–Trinajstić information content (AvgIpc) is 2.25. The zero-order chi connectivity index (χ0) is 13.2. The largest absolute Gasteiger partial charge is 0.495 e. The van der Waals surface area contributed by atoms with Crippen LogP contribution in [0.25, 0.3) is 0 Å². The highest BCUT2D eigenvalue weighted by atomic mass is 35.5. The fourth-order valence-electron chi connectivity index (χ4n) is 1.32. The summed E-state index contributed by atoms with van der Waals surface area (Å²) in [6, 6.07) is 1.75. The van der Waals surface area contributed by atoms with E-state index >= 15 is 0 Å². The fraction of sp³-hybridized carbons (Fsp3) is 0.300. The van der Waals surface area contributed by atoms with Gasteiger partial charge in [-0.1, -0.05) is 11.6 Å². The summed E-state index contributed by atoms with van der Waals surface area (Å²) in [5.74, 6) is -1.80. The van der Waals surface area contributed by atoms with Crippen molar-refractivity contribution >= 4 is 29.0 Å². The van der Waals surface area contributed by atoms with Crippen LogP contribution in [0.1, 0.15) is 15.9 Å². The first-order valence-electron chi connectivity index (χ1n) is 4.35. The lowest BCUT2D eigenvalue weighted by Gasteiger charge is -2.15. The topological polar surface area (TPSA) is 26.3 Å². The molecule has 0 spiro atoms. The lowest BCUT2D eigenvalue weighted by Crippen LogP contribution is -2.12. The average molecular weight is 287 g/mol. The van der Waals surface area contributed by atoms with E-state index < -0.39 is 29.2 Å². The van der Waals surface area contributed by atoms with Crippen LogP contribution in [0.3, 0.4) is 0 Å². The summed E-state index contributed by atoms with van der Waals surface area (Å²) in [6.07, 6.45) is -4.63. The normalized spacial score (nSPS) is 11.4. The lowest BCUT2D eigenvalue weighted by atomic mass is 10.1. The molecule has 0 N–H and O–H groups in total. The van der Waals surface area contributed by atoms with Crippen molar-refractivity contribution in [2.45, 2.75) is 6.18 Å². The van der Waals surface area contributed by atoms with Crippen LogP contribution in [0.5, 0.6) is 5.75 Å². The number of halogens is 5. The number of carbonyl (C=O) groups excluding carboxylic acids is 1. The van der Waals surface area contributed by atoms with E-state index in [2.05, 4.69) is 4.74 Å². The molecule has 1 rings (SSSR count). The van der Waals surface area contributed by atoms with Gasteiger partial charge in [-0.15, -0.1) is 11.6 Å². The lowest BCUT2D eigenvalue weighted by molar-refractivity contribution is -0.138. The van der Waals surface area contributed by atoms with Crippen molar-refractivity contribution in [1.82, 2.24) is 0 Å². The first-order chi connectivity index (χ1) is 7.82. The summed E-state index contributed by atoms with van der Waals surface area (Å²) in [4.78, 5) is 11.4. The zero-order valence-electron chi connectivity index (χ0n) is 8.57. The second-order valence-corrected chi connectivity index (χ2v) is 3.73. The molecule has 0 bridgehead atoms. The monoisotopic (exact) mass is 286 g/mol. The van der Waals surface area contributed by atoms with Crippen LogP contribution < -0.4 is 4.74 Å². The molecule has 0 aliphatic carbocycles. The Morgan fingerprint density at radius 2 is 2.00 bits per heavy atom. The molecule has 0 atom stereocenters. The molecule has 94 valence electrons. The van der Waals surface area contributed by atoms with Gasteiger partial charge < -0.3 is 4.74 Å². The molecule has 0 fully saturated rings. The van der Waals surface area contributed by atoms with Crippen LogP contribution in [0.15, 0.2) is 12.1 Å². The van der Waals surface area contributed by atoms with E-state index in [0.717, 1.165) is 19.2 Å². The Kier molecular flexibility index (Phi) is 4.27. The molecule has 0 saturated carbocycles. The van der Waals surface area contributed by atoms with Gasteiger partial charge in [0.2, 0.25) is 0 Å². The number of hydrogen-bond donors (Lipinski definition) is 0. The van der Waals surface area contributed by atoms with Gasteiger partial charge in [0.05, 0.1) is 29.1 Å². The number of methoxy groups -OCH3 is 1. The zero-order valence-corrected chi connectivity index (χ0v) is 10.1. The van der Waals surface area contributed by atoms with Crippen LogP contribution in [0.4, 0.5) is 13.2 Å². The maximum absolute atomic E-state index is 12.6. The van der Waals surface area contributed by atoms with Gasteiger partial charge in [-0.05, 0) is 12.1 Å². The summed E-state index contributed by atoms with van der Waals surface area (Å²) in [5, 5.41) is -0.125. The Labute approximate surface area is 105 Å². The molecule has 0 saturated heterocycles. The maximum atomic E-state index is 12.6. The number of rotatable bonds is 3. The van der Waals surface area contributed by atoms with Crippen molar-refractivity contribution < 1.29 is 22.7 Å². The van der Waals surface area contributed by atoms with E-state index in [4.69, 9.17) is 23.2 Å². The van der Waals surface area contributed by atoms with Crippen LogP contribution in [-0.2, 0) is 6.18 Å². The van der Waals surface area contributed by atoms with Crippen LogP contribution >= 0.6 is 23.2 Å². The van der Waals surface area contributed by atoms with Crippen molar-refractivity contribution in [2.24, 2.45) is 0 Å². The van der Waals surface area contributed by atoms with Crippen molar-refractivity contribution in [3.8, 4) is 5.75 Å². The third-order valence-corrected chi connectivity index (χ3v) is 2.57. The molecule has 1 aromatic carbocycles. The smallest absolute Gasteiger partial charge is 0.419 e. The molecular weight excluding hydrogens is 280 g/mol. The number of hydrogen-bond acceptors (Lipinski definition) is 2. The van der Waals surface area contributed by atoms with E-state index in [-0.39, 0.29) is 10.6 Å². The molecular formula is C10H7Cl2F3O2. The van der Waals surface area contributed by atoms with E-state index in [0.29, 0.717) is 0 Å². The summed E-state index contributed by atoms with van der Waals surface area (Å²) in [7, 11) is 1.03. The molecule has 2 nitrogen and oxygen atoms in total. The van der Waals surface area contributed by atoms with Gasteiger partial charge in [0, 0.05) is 0 Å². The first-order valence-corrected chi connectivity index (χ1v) is 5.27. The Balaban J connectivity index is 3.53. The molecule has 0 amide bonds. The SMILES string of the molecule is COc1c(C(F)(F)F)ccc(Cl)c1C(=O)CCl. The molecule has 1 aromatic rings. The maximum Gasteiger partial charge on any atom is 0.419 e. The van der Waals surface area contributed by atoms with Gasteiger partial charge in [0.25, 0.3) is 0 Å². The summed E-state index contributed by atoms with van der Waals surface area (Å²) >= 11 is 11.0. The Morgan fingerprint density at radius 1 is 1.41 bits per heavy atom. The Hall–Kier alpha value is -0.940. The van der Waals surface area contributed by atoms with Gasteiger partial charge >= 0.3 is 6.18 Å². The van der Waals surface area contributed by atoms with Gasteiger partial charge in [-0.3, -0.25) is 4.79 Å². The van der Waals surface area contributed by atoms with Gasteiger partial charge in [-0.2, -0.15) is 13.2 Å². The van der Waals surface area contributed by atoms with Crippen molar-refractivity contribution in [3.05, 3.63) is 28.3 Å². The van der Waals surface area contributed by atoms with E-state index in [1.165, 1.54) is 0 Å². The quantitative estimate of drug-likeness (QED) is 0.624. The fourth-order valence-corrected chi connectivity index (χ4v) is 1.71. The molecule has 0 radical (unpaired) electrons.